The van der Waals surface area contributed by atoms with E-state index in [0.29, 0.717) is 12.0 Å². The highest BCUT2D eigenvalue weighted by atomic mass is 15.6. The van der Waals surface area contributed by atoms with Gasteiger partial charge in [-0.15, -0.1) is 5.10 Å². The van der Waals surface area contributed by atoms with Crippen molar-refractivity contribution in [3.63, 3.8) is 0 Å². The first kappa shape index (κ1) is 12.1. The smallest absolute Gasteiger partial charge is 0.168 e. The van der Waals surface area contributed by atoms with Gasteiger partial charge in [0.2, 0.25) is 0 Å². The van der Waals surface area contributed by atoms with Crippen molar-refractivity contribution >= 4 is 0 Å². The lowest BCUT2D eigenvalue weighted by Crippen LogP contribution is -2.24. The predicted octanol–water partition coefficient (Wildman–Crippen LogP) is 1.56. The van der Waals surface area contributed by atoms with Crippen molar-refractivity contribution in [2.24, 2.45) is 5.92 Å². The van der Waals surface area contributed by atoms with Gasteiger partial charge in [-0.2, -0.15) is 0 Å². The summed E-state index contributed by atoms with van der Waals surface area (Å²) in [6.07, 6.45) is 0. The van der Waals surface area contributed by atoms with Crippen LogP contribution in [0.1, 0.15) is 52.5 Å². The minimum atomic E-state index is 0.200. The fourth-order valence-corrected chi connectivity index (χ4v) is 1.46. The molecule has 5 nitrogen and oxygen atoms in total. The molecule has 0 spiro atoms. The molecular formula is C10H21N5. The highest BCUT2D eigenvalue weighted by Crippen LogP contribution is 2.19. The topological polar surface area (TPSA) is 55.6 Å². The van der Waals surface area contributed by atoms with E-state index in [9.17, 15) is 0 Å². The molecule has 0 bridgehead atoms. The average Bonchev–Trinajstić information content (AvgIpc) is 2.65. The summed E-state index contributed by atoms with van der Waals surface area (Å²) < 4.78 is 1.91. The Balaban J connectivity index is 2.85. The van der Waals surface area contributed by atoms with Gasteiger partial charge in [-0.1, -0.05) is 20.8 Å². The lowest BCUT2D eigenvalue weighted by Gasteiger charge is -2.19. The van der Waals surface area contributed by atoms with E-state index in [1.165, 1.54) is 0 Å². The Kier molecular flexibility index (Phi) is 4.20. The summed E-state index contributed by atoms with van der Waals surface area (Å²) in [6, 6.07) is 0.530. The summed E-state index contributed by atoms with van der Waals surface area (Å²) in [7, 11) is 0. The highest BCUT2D eigenvalue weighted by molar-refractivity contribution is 4.91. The van der Waals surface area contributed by atoms with Gasteiger partial charge in [0.05, 0.1) is 12.1 Å². The second kappa shape index (κ2) is 5.21. The van der Waals surface area contributed by atoms with Gasteiger partial charge in [-0.05, 0) is 36.7 Å². The fraction of sp³-hybridized carbons (Fsp3) is 0.900. The van der Waals surface area contributed by atoms with Gasteiger partial charge in [0.25, 0.3) is 0 Å². The number of hydrogen-bond donors (Lipinski definition) is 1. The average molecular weight is 211 g/mol. The minimum Gasteiger partial charge on any atom is -0.308 e. The zero-order valence-corrected chi connectivity index (χ0v) is 10.2. The first-order valence-corrected chi connectivity index (χ1v) is 5.59. The largest absolute Gasteiger partial charge is 0.308 e. The Morgan fingerprint density at radius 1 is 1.27 bits per heavy atom. The third-order valence-corrected chi connectivity index (χ3v) is 2.77. The zero-order chi connectivity index (χ0) is 11.4. The van der Waals surface area contributed by atoms with E-state index in [4.69, 9.17) is 0 Å². The van der Waals surface area contributed by atoms with Crippen LogP contribution in [0.5, 0.6) is 0 Å². The van der Waals surface area contributed by atoms with Crippen molar-refractivity contribution in [1.29, 1.82) is 0 Å². The first-order chi connectivity index (χ1) is 7.07. The molecule has 15 heavy (non-hydrogen) atoms. The van der Waals surface area contributed by atoms with Gasteiger partial charge in [0, 0.05) is 0 Å². The molecule has 0 saturated heterocycles. The highest BCUT2D eigenvalue weighted by Gasteiger charge is 2.19. The summed E-state index contributed by atoms with van der Waals surface area (Å²) in [6.45, 7) is 11.6. The SMILES string of the molecule is CCNC(C)c1nnnn1C(C)C(C)C. The molecule has 0 amide bonds. The molecule has 86 valence electrons. The lowest BCUT2D eigenvalue weighted by molar-refractivity contribution is 0.346. The minimum absolute atomic E-state index is 0.200. The third-order valence-electron chi connectivity index (χ3n) is 2.77. The second-order valence-electron chi connectivity index (χ2n) is 4.25. The predicted molar refractivity (Wildman–Crippen MR) is 59.5 cm³/mol. The van der Waals surface area contributed by atoms with Gasteiger partial charge in [-0.25, -0.2) is 4.68 Å². The van der Waals surface area contributed by atoms with Crippen molar-refractivity contribution in [1.82, 2.24) is 25.5 Å². The van der Waals surface area contributed by atoms with Crippen LogP contribution in [0.4, 0.5) is 0 Å². The molecule has 0 aliphatic heterocycles. The normalized spacial score (nSPS) is 15.6. The number of rotatable bonds is 5. The van der Waals surface area contributed by atoms with Crippen LogP contribution in [0, 0.1) is 5.92 Å². The van der Waals surface area contributed by atoms with Crippen LogP contribution in [0.25, 0.3) is 0 Å². The molecule has 0 aromatic carbocycles. The van der Waals surface area contributed by atoms with E-state index in [2.05, 4.69) is 55.5 Å². The molecular weight excluding hydrogens is 190 g/mol. The summed E-state index contributed by atoms with van der Waals surface area (Å²) in [5, 5.41) is 15.2. The summed E-state index contributed by atoms with van der Waals surface area (Å²) in [4.78, 5) is 0. The molecule has 0 radical (unpaired) electrons. The van der Waals surface area contributed by atoms with Gasteiger partial charge in [0.15, 0.2) is 5.82 Å². The monoisotopic (exact) mass is 211 g/mol. The third kappa shape index (κ3) is 2.75. The number of nitrogens with zero attached hydrogens (tertiary/aromatic N) is 4. The molecule has 1 N–H and O–H groups in total. The van der Waals surface area contributed by atoms with Crippen LogP contribution in [0.2, 0.25) is 0 Å². The van der Waals surface area contributed by atoms with Crippen molar-refractivity contribution < 1.29 is 0 Å². The number of hydrogen-bond acceptors (Lipinski definition) is 4. The molecule has 1 aromatic heterocycles. The summed E-state index contributed by atoms with van der Waals surface area (Å²) in [5.74, 6) is 1.44. The first-order valence-electron chi connectivity index (χ1n) is 5.59. The van der Waals surface area contributed by atoms with Gasteiger partial charge >= 0.3 is 0 Å². The Morgan fingerprint density at radius 3 is 2.47 bits per heavy atom. The van der Waals surface area contributed by atoms with E-state index in [-0.39, 0.29) is 6.04 Å². The van der Waals surface area contributed by atoms with E-state index in [1.807, 2.05) is 4.68 Å². The van der Waals surface area contributed by atoms with Crippen molar-refractivity contribution in [2.75, 3.05) is 6.54 Å². The maximum absolute atomic E-state index is 4.08. The Hall–Kier alpha value is -0.970. The maximum atomic E-state index is 4.08. The number of aromatic nitrogens is 4. The van der Waals surface area contributed by atoms with Crippen LogP contribution >= 0.6 is 0 Å². The van der Waals surface area contributed by atoms with Crippen LogP contribution < -0.4 is 5.32 Å². The Labute approximate surface area is 91.2 Å². The van der Waals surface area contributed by atoms with E-state index < -0.39 is 0 Å². The summed E-state index contributed by atoms with van der Waals surface area (Å²) >= 11 is 0. The molecule has 1 aromatic rings. The van der Waals surface area contributed by atoms with E-state index in [1.54, 1.807) is 0 Å². The number of nitrogens with one attached hydrogen (secondary N) is 1. The molecule has 0 aliphatic rings. The molecule has 2 atom stereocenters. The van der Waals surface area contributed by atoms with Crippen molar-refractivity contribution in [2.45, 2.75) is 46.7 Å². The van der Waals surface area contributed by atoms with Crippen LogP contribution in [-0.2, 0) is 0 Å². The van der Waals surface area contributed by atoms with Gasteiger partial charge in [0.1, 0.15) is 0 Å². The quantitative estimate of drug-likeness (QED) is 0.803. The maximum Gasteiger partial charge on any atom is 0.168 e. The fourth-order valence-electron chi connectivity index (χ4n) is 1.46. The van der Waals surface area contributed by atoms with Gasteiger partial charge < -0.3 is 5.32 Å². The Morgan fingerprint density at radius 2 is 1.93 bits per heavy atom. The van der Waals surface area contributed by atoms with Crippen LogP contribution in [0.15, 0.2) is 0 Å². The van der Waals surface area contributed by atoms with Crippen molar-refractivity contribution in [3.05, 3.63) is 5.82 Å². The molecule has 2 unspecified atom stereocenters. The molecule has 1 rings (SSSR count). The standard InChI is InChI=1S/C10H21N5/c1-6-11-8(4)10-12-13-14-15(10)9(5)7(2)3/h7-9,11H,6H2,1-5H3. The number of tetrazole rings is 1. The van der Waals surface area contributed by atoms with Crippen LogP contribution in [0.3, 0.4) is 0 Å². The molecule has 5 heteroatoms. The Bertz CT molecular complexity index is 294. The lowest BCUT2D eigenvalue weighted by atomic mass is 10.1. The van der Waals surface area contributed by atoms with Gasteiger partial charge in [-0.3, -0.25) is 0 Å². The molecule has 1 heterocycles. The summed E-state index contributed by atoms with van der Waals surface area (Å²) in [5.41, 5.74) is 0. The van der Waals surface area contributed by atoms with Crippen molar-refractivity contribution in [3.8, 4) is 0 Å². The second-order valence-corrected chi connectivity index (χ2v) is 4.25. The van der Waals surface area contributed by atoms with E-state index >= 15 is 0 Å². The van der Waals surface area contributed by atoms with E-state index in [0.717, 1.165) is 12.4 Å². The zero-order valence-electron chi connectivity index (χ0n) is 10.2. The van der Waals surface area contributed by atoms with Crippen LogP contribution in [-0.4, -0.2) is 26.8 Å². The molecule has 0 fully saturated rings. The molecule has 0 aliphatic carbocycles. The molecule has 0 saturated carbocycles.